The first kappa shape index (κ1) is 9.96. The van der Waals surface area contributed by atoms with Crippen LogP contribution in [0.25, 0.3) is 0 Å². The van der Waals surface area contributed by atoms with E-state index in [1.807, 2.05) is 0 Å². The van der Waals surface area contributed by atoms with Crippen LogP contribution in [0.4, 0.5) is 0 Å². The predicted octanol–water partition coefficient (Wildman–Crippen LogP) is 2.44. The average Bonchev–Trinajstić information content (AvgIpc) is 1.80. The molecule has 1 atom stereocenters. The van der Waals surface area contributed by atoms with E-state index in [0.29, 0.717) is 17.9 Å². The minimum absolute atomic E-state index is 0.334. The van der Waals surface area contributed by atoms with Crippen molar-refractivity contribution in [3.8, 4) is 0 Å². The van der Waals surface area contributed by atoms with E-state index in [1.165, 1.54) is 0 Å². The van der Waals surface area contributed by atoms with E-state index >= 15 is 0 Å². The molecule has 0 aromatic carbocycles. The summed E-state index contributed by atoms with van der Waals surface area (Å²) in [5.41, 5.74) is 0.398. The van der Waals surface area contributed by atoms with Crippen LogP contribution in [0.2, 0.25) is 0 Å². The van der Waals surface area contributed by atoms with Crippen molar-refractivity contribution in [1.29, 1.82) is 0 Å². The second kappa shape index (κ2) is 3.97. The van der Waals surface area contributed by atoms with Crippen LogP contribution in [-0.4, -0.2) is 11.7 Å². The first-order valence-electron chi connectivity index (χ1n) is 4.09. The van der Waals surface area contributed by atoms with Gasteiger partial charge in [-0.25, -0.2) is 0 Å². The fraction of sp³-hybridized carbons (Fsp3) is 1.00. The van der Waals surface area contributed by atoms with Gasteiger partial charge in [0.2, 0.25) is 0 Å². The fourth-order valence-corrected chi connectivity index (χ4v) is 0.830. The van der Waals surface area contributed by atoms with Crippen molar-refractivity contribution in [3.63, 3.8) is 0 Å². The quantitative estimate of drug-likeness (QED) is 0.645. The number of aliphatic hydroxyl groups is 1. The molecule has 0 aromatic heterocycles. The summed E-state index contributed by atoms with van der Waals surface area (Å²) in [5.74, 6) is 0.708. The molecule has 0 saturated carbocycles. The Balaban J connectivity index is 3.52. The second-order valence-corrected chi connectivity index (χ2v) is 4.13. The summed E-state index contributed by atoms with van der Waals surface area (Å²) in [6, 6.07) is 0. The lowest BCUT2D eigenvalue weighted by Gasteiger charge is -2.26. The Labute approximate surface area is 64.5 Å². The second-order valence-electron chi connectivity index (χ2n) is 4.13. The van der Waals surface area contributed by atoms with Crippen LogP contribution in [0.3, 0.4) is 0 Å². The van der Waals surface area contributed by atoms with Gasteiger partial charge in [0.05, 0.1) is 0 Å². The third-order valence-electron chi connectivity index (χ3n) is 2.27. The summed E-state index contributed by atoms with van der Waals surface area (Å²) in [6.45, 7) is 9.31. The van der Waals surface area contributed by atoms with Crippen molar-refractivity contribution in [2.45, 2.75) is 40.5 Å². The zero-order valence-electron chi connectivity index (χ0n) is 7.65. The standard InChI is InChI=1S/C9H20O/c1-8(6-5-7-10)9(2,3)4/h8,10H,5-7H2,1-4H3. The van der Waals surface area contributed by atoms with Crippen molar-refractivity contribution < 1.29 is 5.11 Å². The molecule has 0 aliphatic heterocycles. The van der Waals surface area contributed by atoms with Crippen molar-refractivity contribution in [2.24, 2.45) is 11.3 Å². The van der Waals surface area contributed by atoms with Gasteiger partial charge < -0.3 is 5.11 Å². The molecular weight excluding hydrogens is 124 g/mol. The molecule has 0 aliphatic carbocycles. The van der Waals surface area contributed by atoms with Crippen LogP contribution in [0.5, 0.6) is 0 Å². The molecule has 0 amide bonds. The van der Waals surface area contributed by atoms with Crippen LogP contribution in [-0.2, 0) is 0 Å². The Morgan fingerprint density at radius 3 is 2.10 bits per heavy atom. The van der Waals surface area contributed by atoms with Gasteiger partial charge >= 0.3 is 0 Å². The SMILES string of the molecule is CC(CCCO)C(C)(C)C. The molecule has 0 saturated heterocycles. The Morgan fingerprint density at radius 1 is 1.30 bits per heavy atom. The van der Waals surface area contributed by atoms with Crippen molar-refractivity contribution in [2.75, 3.05) is 6.61 Å². The highest BCUT2D eigenvalue weighted by molar-refractivity contribution is 4.69. The molecular formula is C9H20O. The smallest absolute Gasteiger partial charge is 0.0431 e. The molecule has 0 aliphatic rings. The summed E-state index contributed by atoms with van der Waals surface area (Å²) in [4.78, 5) is 0. The van der Waals surface area contributed by atoms with Gasteiger partial charge in [-0.1, -0.05) is 27.7 Å². The normalized spacial score (nSPS) is 15.3. The Hall–Kier alpha value is -0.0400. The molecule has 0 radical (unpaired) electrons. The molecule has 0 rings (SSSR count). The number of aliphatic hydroxyl groups excluding tert-OH is 1. The summed E-state index contributed by atoms with van der Waals surface area (Å²) in [6.07, 6.45) is 2.08. The molecule has 0 fully saturated rings. The third-order valence-corrected chi connectivity index (χ3v) is 2.27. The first-order valence-corrected chi connectivity index (χ1v) is 4.09. The largest absolute Gasteiger partial charge is 0.396 e. The first-order chi connectivity index (χ1) is 4.48. The van der Waals surface area contributed by atoms with E-state index in [0.717, 1.165) is 12.8 Å². The lowest BCUT2D eigenvalue weighted by atomic mass is 9.79. The van der Waals surface area contributed by atoms with Gasteiger partial charge in [0.15, 0.2) is 0 Å². The highest BCUT2D eigenvalue weighted by Crippen LogP contribution is 2.28. The maximum Gasteiger partial charge on any atom is 0.0431 e. The number of hydrogen-bond acceptors (Lipinski definition) is 1. The number of hydrogen-bond donors (Lipinski definition) is 1. The lowest BCUT2D eigenvalue weighted by molar-refractivity contribution is 0.213. The minimum Gasteiger partial charge on any atom is -0.396 e. The molecule has 1 heteroatoms. The molecule has 0 spiro atoms. The van der Waals surface area contributed by atoms with Crippen molar-refractivity contribution in [1.82, 2.24) is 0 Å². The van der Waals surface area contributed by atoms with Crippen LogP contribution < -0.4 is 0 Å². The minimum atomic E-state index is 0.334. The molecule has 0 aromatic rings. The van der Waals surface area contributed by atoms with Gasteiger partial charge in [-0.05, 0) is 24.2 Å². The van der Waals surface area contributed by atoms with E-state index in [1.54, 1.807) is 0 Å². The zero-order valence-corrected chi connectivity index (χ0v) is 7.65. The summed E-state index contributed by atoms with van der Waals surface area (Å²) in [5, 5.41) is 8.58. The van der Waals surface area contributed by atoms with Crippen molar-refractivity contribution >= 4 is 0 Å². The Kier molecular flexibility index (Phi) is 3.95. The maximum atomic E-state index is 8.58. The molecule has 0 heterocycles. The molecule has 1 nitrogen and oxygen atoms in total. The van der Waals surface area contributed by atoms with Gasteiger partial charge in [0.1, 0.15) is 0 Å². The van der Waals surface area contributed by atoms with Crippen molar-refractivity contribution in [3.05, 3.63) is 0 Å². The van der Waals surface area contributed by atoms with Gasteiger partial charge in [0, 0.05) is 6.61 Å². The van der Waals surface area contributed by atoms with Crippen LogP contribution in [0, 0.1) is 11.3 Å². The third kappa shape index (κ3) is 3.89. The lowest BCUT2D eigenvalue weighted by Crippen LogP contribution is -2.17. The highest BCUT2D eigenvalue weighted by atomic mass is 16.2. The van der Waals surface area contributed by atoms with Gasteiger partial charge in [-0.15, -0.1) is 0 Å². The molecule has 0 bridgehead atoms. The van der Waals surface area contributed by atoms with E-state index in [2.05, 4.69) is 27.7 Å². The van der Waals surface area contributed by atoms with E-state index in [-0.39, 0.29) is 0 Å². The monoisotopic (exact) mass is 144 g/mol. The van der Waals surface area contributed by atoms with E-state index in [9.17, 15) is 0 Å². The van der Waals surface area contributed by atoms with E-state index in [4.69, 9.17) is 5.11 Å². The fourth-order valence-electron chi connectivity index (χ4n) is 0.830. The van der Waals surface area contributed by atoms with Gasteiger partial charge in [-0.2, -0.15) is 0 Å². The molecule has 62 valence electrons. The Morgan fingerprint density at radius 2 is 1.80 bits per heavy atom. The average molecular weight is 144 g/mol. The summed E-state index contributed by atoms with van der Waals surface area (Å²) < 4.78 is 0. The summed E-state index contributed by atoms with van der Waals surface area (Å²) in [7, 11) is 0. The number of rotatable bonds is 3. The molecule has 1 N–H and O–H groups in total. The predicted molar refractivity (Wildman–Crippen MR) is 44.9 cm³/mol. The summed E-state index contributed by atoms with van der Waals surface area (Å²) >= 11 is 0. The maximum absolute atomic E-state index is 8.58. The highest BCUT2D eigenvalue weighted by Gasteiger charge is 2.18. The van der Waals surface area contributed by atoms with E-state index < -0.39 is 0 Å². The van der Waals surface area contributed by atoms with Gasteiger partial charge in [0.25, 0.3) is 0 Å². The van der Waals surface area contributed by atoms with Crippen LogP contribution in [0.15, 0.2) is 0 Å². The topological polar surface area (TPSA) is 20.2 Å². The van der Waals surface area contributed by atoms with Gasteiger partial charge in [-0.3, -0.25) is 0 Å². The van der Waals surface area contributed by atoms with Crippen LogP contribution in [0.1, 0.15) is 40.5 Å². The Bertz CT molecular complexity index is 81.2. The molecule has 1 unspecified atom stereocenters. The zero-order chi connectivity index (χ0) is 8.20. The van der Waals surface area contributed by atoms with Crippen LogP contribution >= 0.6 is 0 Å². The molecule has 10 heavy (non-hydrogen) atoms.